The summed E-state index contributed by atoms with van der Waals surface area (Å²) in [6, 6.07) is 8.65. The number of amides is 2. The predicted octanol–water partition coefficient (Wildman–Crippen LogP) is 3.23. The molecule has 0 unspecified atom stereocenters. The van der Waals surface area contributed by atoms with Gasteiger partial charge in [-0.1, -0.05) is 6.07 Å². The molecule has 2 aromatic rings. The summed E-state index contributed by atoms with van der Waals surface area (Å²) in [4.78, 5) is 21.3. The molecule has 0 aliphatic carbocycles. The van der Waals surface area contributed by atoms with Gasteiger partial charge in [-0.2, -0.15) is 0 Å². The molecule has 0 saturated carbocycles. The van der Waals surface area contributed by atoms with Crippen molar-refractivity contribution < 1.29 is 4.79 Å². The molecule has 5 nitrogen and oxygen atoms in total. The number of likely N-dealkylation sites (N-methyl/N-ethyl adjacent to an activating group) is 1. The summed E-state index contributed by atoms with van der Waals surface area (Å²) < 4.78 is 0. The Morgan fingerprint density at radius 3 is 3.00 bits per heavy atom. The lowest BCUT2D eigenvalue weighted by atomic mass is 10.1. The van der Waals surface area contributed by atoms with Crippen molar-refractivity contribution in [3.63, 3.8) is 0 Å². The molecule has 1 aliphatic heterocycles. The number of likely N-dealkylation sites (tertiary alicyclic amines) is 1. The Kier molecular flexibility index (Phi) is 5.03. The van der Waals surface area contributed by atoms with Crippen LogP contribution in [0.2, 0.25) is 0 Å². The summed E-state index contributed by atoms with van der Waals surface area (Å²) in [5, 5.41) is 5.20. The molecule has 0 radical (unpaired) electrons. The van der Waals surface area contributed by atoms with Gasteiger partial charge in [0.25, 0.3) is 0 Å². The summed E-state index contributed by atoms with van der Waals surface area (Å²) in [5.41, 5.74) is 1.13. The molecule has 124 valence electrons. The molecule has 3 rings (SSSR count). The summed E-state index contributed by atoms with van der Waals surface area (Å²) in [7, 11) is 4.10. The van der Waals surface area contributed by atoms with Gasteiger partial charge < -0.3 is 20.1 Å². The molecule has 3 heterocycles. The highest BCUT2D eigenvalue weighted by molar-refractivity contribution is 7.10. The smallest absolute Gasteiger partial charge is 0.318 e. The molecule has 2 amide bonds. The van der Waals surface area contributed by atoms with Crippen molar-refractivity contribution in [2.24, 2.45) is 0 Å². The van der Waals surface area contributed by atoms with Crippen molar-refractivity contribution >= 4 is 17.4 Å². The van der Waals surface area contributed by atoms with E-state index in [1.807, 2.05) is 31.3 Å². The van der Waals surface area contributed by atoms with Crippen molar-refractivity contribution in [1.82, 2.24) is 20.1 Å². The zero-order valence-corrected chi connectivity index (χ0v) is 14.5. The zero-order chi connectivity index (χ0) is 16.2. The van der Waals surface area contributed by atoms with Gasteiger partial charge in [0.15, 0.2) is 0 Å². The van der Waals surface area contributed by atoms with Crippen LogP contribution in [0.4, 0.5) is 4.79 Å². The fourth-order valence-electron chi connectivity index (χ4n) is 3.19. The van der Waals surface area contributed by atoms with Crippen molar-refractivity contribution in [2.45, 2.75) is 24.9 Å². The third-order valence-corrected chi connectivity index (χ3v) is 5.41. The maximum atomic E-state index is 12.6. The predicted molar refractivity (Wildman–Crippen MR) is 93.6 cm³/mol. The average molecular weight is 332 g/mol. The number of H-pyrrole nitrogens is 1. The second-order valence-corrected chi connectivity index (χ2v) is 7.14. The minimum atomic E-state index is 0.0329. The Hall–Kier alpha value is -1.79. The number of hydrogen-bond acceptors (Lipinski definition) is 3. The van der Waals surface area contributed by atoms with E-state index in [2.05, 4.69) is 38.8 Å². The van der Waals surface area contributed by atoms with E-state index in [-0.39, 0.29) is 18.1 Å². The van der Waals surface area contributed by atoms with E-state index in [0.29, 0.717) is 6.54 Å². The molecule has 2 aromatic heterocycles. The minimum Gasteiger partial charge on any atom is -0.363 e. The summed E-state index contributed by atoms with van der Waals surface area (Å²) in [5.74, 6) is 0. The van der Waals surface area contributed by atoms with Crippen LogP contribution >= 0.6 is 11.3 Å². The molecule has 0 bridgehead atoms. The van der Waals surface area contributed by atoms with Crippen molar-refractivity contribution in [3.05, 3.63) is 46.4 Å². The Labute approximate surface area is 141 Å². The molecular formula is C17H24N4OS. The fraction of sp³-hybridized carbons (Fsp3) is 0.471. The van der Waals surface area contributed by atoms with Crippen LogP contribution in [0.5, 0.6) is 0 Å². The molecule has 6 heteroatoms. The highest BCUT2D eigenvalue weighted by Crippen LogP contribution is 2.31. The molecular weight excluding hydrogens is 308 g/mol. The van der Waals surface area contributed by atoms with E-state index < -0.39 is 0 Å². The normalized spacial score (nSPS) is 19.3. The molecule has 1 fully saturated rings. The lowest BCUT2D eigenvalue weighted by Crippen LogP contribution is -2.42. The first-order valence-electron chi connectivity index (χ1n) is 8.04. The number of aromatic amines is 1. The maximum Gasteiger partial charge on any atom is 0.318 e. The van der Waals surface area contributed by atoms with E-state index in [1.165, 1.54) is 4.88 Å². The topological polar surface area (TPSA) is 51.4 Å². The standard InChI is InChI=1S/C17H24N4OS/c1-20(2)15(16-8-5-11-23-16)12-19-17(22)21-10-4-7-14(21)13-6-3-9-18-13/h3,5-6,8-9,11,14-15,18H,4,7,10,12H2,1-2H3,(H,19,22)/t14-,15-/m1/s1. The van der Waals surface area contributed by atoms with Crippen LogP contribution in [-0.4, -0.2) is 48.0 Å². The van der Waals surface area contributed by atoms with Crippen molar-refractivity contribution in [1.29, 1.82) is 0 Å². The third-order valence-electron chi connectivity index (χ3n) is 4.44. The first kappa shape index (κ1) is 16.1. The number of aromatic nitrogens is 1. The van der Waals surface area contributed by atoms with Crippen molar-refractivity contribution in [2.75, 3.05) is 27.2 Å². The zero-order valence-electron chi connectivity index (χ0n) is 13.7. The van der Waals surface area contributed by atoms with Gasteiger partial charge in [-0.3, -0.25) is 0 Å². The number of carbonyl (C=O) groups is 1. The number of urea groups is 1. The van der Waals surface area contributed by atoms with Gasteiger partial charge in [-0.25, -0.2) is 4.79 Å². The maximum absolute atomic E-state index is 12.6. The fourth-order valence-corrected chi connectivity index (χ4v) is 4.11. The largest absolute Gasteiger partial charge is 0.363 e. The van der Waals surface area contributed by atoms with E-state index in [0.717, 1.165) is 25.1 Å². The molecule has 1 aliphatic rings. The Balaban J connectivity index is 1.62. The molecule has 23 heavy (non-hydrogen) atoms. The summed E-state index contributed by atoms with van der Waals surface area (Å²) >= 11 is 1.73. The first-order valence-corrected chi connectivity index (χ1v) is 8.92. The molecule has 0 aromatic carbocycles. The second kappa shape index (κ2) is 7.19. The summed E-state index contributed by atoms with van der Waals surface area (Å²) in [6.07, 6.45) is 4.00. The number of nitrogens with zero attached hydrogens (tertiary/aromatic N) is 2. The third kappa shape index (κ3) is 3.59. The molecule has 0 spiro atoms. The number of thiophene rings is 1. The molecule has 2 atom stereocenters. The van der Waals surface area contributed by atoms with Crippen LogP contribution in [0.3, 0.4) is 0 Å². The van der Waals surface area contributed by atoms with Gasteiger partial charge in [-0.05, 0) is 50.5 Å². The van der Waals surface area contributed by atoms with Crippen LogP contribution < -0.4 is 5.32 Å². The number of rotatable bonds is 5. The number of nitrogens with one attached hydrogen (secondary N) is 2. The van der Waals surface area contributed by atoms with Crippen LogP contribution in [0.15, 0.2) is 35.8 Å². The van der Waals surface area contributed by atoms with Gasteiger partial charge in [0.1, 0.15) is 0 Å². The highest BCUT2D eigenvalue weighted by atomic mass is 32.1. The highest BCUT2D eigenvalue weighted by Gasteiger charge is 2.31. The Morgan fingerprint density at radius 2 is 2.35 bits per heavy atom. The minimum absolute atomic E-state index is 0.0329. The van der Waals surface area contributed by atoms with E-state index in [1.54, 1.807) is 11.3 Å². The number of hydrogen-bond donors (Lipinski definition) is 2. The van der Waals surface area contributed by atoms with Gasteiger partial charge in [0.2, 0.25) is 0 Å². The lowest BCUT2D eigenvalue weighted by Gasteiger charge is -2.28. The van der Waals surface area contributed by atoms with Gasteiger partial charge >= 0.3 is 6.03 Å². The molecule has 2 N–H and O–H groups in total. The van der Waals surface area contributed by atoms with E-state index in [9.17, 15) is 4.79 Å². The van der Waals surface area contributed by atoms with Crippen LogP contribution in [-0.2, 0) is 0 Å². The van der Waals surface area contributed by atoms with E-state index >= 15 is 0 Å². The quantitative estimate of drug-likeness (QED) is 0.883. The van der Waals surface area contributed by atoms with E-state index in [4.69, 9.17) is 0 Å². The Bertz CT molecular complexity index is 609. The lowest BCUT2D eigenvalue weighted by molar-refractivity contribution is 0.187. The average Bonchev–Trinajstić information content (AvgIpc) is 3.27. The monoisotopic (exact) mass is 332 g/mol. The van der Waals surface area contributed by atoms with Gasteiger partial charge in [-0.15, -0.1) is 11.3 Å². The first-order chi connectivity index (χ1) is 11.2. The van der Waals surface area contributed by atoms with Gasteiger partial charge in [0, 0.05) is 29.9 Å². The van der Waals surface area contributed by atoms with Crippen LogP contribution in [0.1, 0.15) is 35.5 Å². The number of carbonyl (C=O) groups excluding carboxylic acids is 1. The SMILES string of the molecule is CN(C)[C@H](CNC(=O)N1CCC[C@@H]1c1ccc[nH]1)c1cccs1. The molecule has 1 saturated heterocycles. The van der Waals surface area contributed by atoms with Crippen LogP contribution in [0, 0.1) is 0 Å². The van der Waals surface area contributed by atoms with Crippen LogP contribution in [0.25, 0.3) is 0 Å². The second-order valence-electron chi connectivity index (χ2n) is 6.16. The van der Waals surface area contributed by atoms with Gasteiger partial charge in [0.05, 0.1) is 12.1 Å². The van der Waals surface area contributed by atoms with Crippen molar-refractivity contribution in [3.8, 4) is 0 Å². The summed E-state index contributed by atoms with van der Waals surface area (Å²) in [6.45, 7) is 1.45. The Morgan fingerprint density at radius 1 is 1.48 bits per heavy atom.